The van der Waals surface area contributed by atoms with Gasteiger partial charge in [-0.3, -0.25) is 14.2 Å². The minimum absolute atomic E-state index is 0.0586. The fraction of sp³-hybridized carbons (Fsp3) is 0.250. The molecule has 20 heavy (non-hydrogen) atoms. The molecule has 0 radical (unpaired) electrons. The van der Waals surface area contributed by atoms with Crippen LogP contribution in [0.2, 0.25) is 0 Å². The van der Waals surface area contributed by atoms with Crippen LogP contribution in [-0.4, -0.2) is 27.4 Å². The van der Waals surface area contributed by atoms with Crippen LogP contribution < -0.4 is 20.7 Å². The quantitative estimate of drug-likeness (QED) is 0.810. The maximum Gasteiger partial charge on any atom is 0.328 e. The summed E-state index contributed by atoms with van der Waals surface area (Å²) >= 11 is 0. The van der Waals surface area contributed by atoms with Crippen LogP contribution in [-0.2, 0) is 11.3 Å². The number of aromatic amines is 1. The minimum atomic E-state index is -1.08. The number of ether oxygens (including phenoxy) is 2. The Morgan fingerprint density at radius 3 is 2.70 bits per heavy atom. The lowest BCUT2D eigenvalue weighted by Crippen LogP contribution is -2.35. The summed E-state index contributed by atoms with van der Waals surface area (Å²) in [6.07, 6.45) is -0.307. The second-order valence-corrected chi connectivity index (χ2v) is 4.28. The first-order valence-corrected chi connectivity index (χ1v) is 5.84. The van der Waals surface area contributed by atoms with Gasteiger partial charge in [-0.15, -0.1) is 0 Å². The van der Waals surface area contributed by atoms with E-state index in [1.165, 1.54) is 12.1 Å². The Kier molecular flexibility index (Phi) is 2.70. The predicted octanol–water partition coefficient (Wildman–Crippen LogP) is -0.107. The number of aromatic nitrogens is 2. The van der Waals surface area contributed by atoms with E-state index < -0.39 is 17.2 Å². The minimum Gasteiger partial charge on any atom is -0.481 e. The zero-order valence-corrected chi connectivity index (χ0v) is 10.2. The number of carbonyl (C=O) groups is 1. The number of aliphatic carboxylic acids is 1. The van der Waals surface area contributed by atoms with E-state index in [0.29, 0.717) is 17.0 Å². The third kappa shape index (κ3) is 1.91. The van der Waals surface area contributed by atoms with Crippen LogP contribution in [0.25, 0.3) is 10.9 Å². The van der Waals surface area contributed by atoms with Gasteiger partial charge in [0.05, 0.1) is 17.3 Å². The van der Waals surface area contributed by atoms with E-state index >= 15 is 0 Å². The summed E-state index contributed by atoms with van der Waals surface area (Å²) in [4.78, 5) is 37.1. The SMILES string of the molecule is O=C(O)CCn1c(=O)[nH]c2cc3c(cc2c1=O)OCO3. The van der Waals surface area contributed by atoms with Crippen molar-refractivity contribution in [1.82, 2.24) is 9.55 Å². The lowest BCUT2D eigenvalue weighted by Gasteiger charge is -2.05. The number of rotatable bonds is 3. The Morgan fingerprint density at radius 2 is 2.00 bits per heavy atom. The summed E-state index contributed by atoms with van der Waals surface area (Å²) in [5, 5.41) is 8.88. The van der Waals surface area contributed by atoms with Crippen molar-refractivity contribution in [2.24, 2.45) is 0 Å². The third-order valence-corrected chi connectivity index (χ3v) is 3.02. The van der Waals surface area contributed by atoms with Crippen LogP contribution >= 0.6 is 0 Å². The van der Waals surface area contributed by atoms with Crippen LogP contribution in [0.3, 0.4) is 0 Å². The van der Waals surface area contributed by atoms with Gasteiger partial charge in [0.1, 0.15) is 0 Å². The fourth-order valence-corrected chi connectivity index (χ4v) is 2.05. The van der Waals surface area contributed by atoms with Gasteiger partial charge in [-0.05, 0) is 6.07 Å². The molecule has 8 heteroatoms. The first-order valence-electron chi connectivity index (χ1n) is 5.84. The molecule has 0 unspecified atom stereocenters. The van der Waals surface area contributed by atoms with Gasteiger partial charge in [-0.2, -0.15) is 0 Å². The predicted molar refractivity (Wildman–Crippen MR) is 67.2 cm³/mol. The molecule has 8 nitrogen and oxygen atoms in total. The topological polar surface area (TPSA) is 111 Å². The van der Waals surface area contributed by atoms with E-state index in [-0.39, 0.29) is 25.1 Å². The van der Waals surface area contributed by atoms with Crippen LogP contribution in [0.4, 0.5) is 0 Å². The van der Waals surface area contributed by atoms with Gasteiger partial charge in [0.25, 0.3) is 5.56 Å². The van der Waals surface area contributed by atoms with E-state index in [2.05, 4.69) is 4.98 Å². The highest BCUT2D eigenvalue weighted by atomic mass is 16.7. The largest absolute Gasteiger partial charge is 0.481 e. The summed E-state index contributed by atoms with van der Waals surface area (Å²) in [6.45, 7) is -0.128. The Morgan fingerprint density at radius 1 is 1.30 bits per heavy atom. The number of carboxylic acid groups (broad SMARTS) is 1. The monoisotopic (exact) mass is 278 g/mol. The molecular weight excluding hydrogens is 268 g/mol. The van der Waals surface area contributed by atoms with Gasteiger partial charge in [0.2, 0.25) is 6.79 Å². The number of fused-ring (bicyclic) bond motifs is 2. The van der Waals surface area contributed by atoms with Gasteiger partial charge >= 0.3 is 11.7 Å². The van der Waals surface area contributed by atoms with Crippen molar-refractivity contribution < 1.29 is 19.4 Å². The first kappa shape index (κ1) is 12.3. The maximum atomic E-state index is 12.2. The number of benzene rings is 1. The molecule has 0 aliphatic carbocycles. The van der Waals surface area contributed by atoms with E-state index in [4.69, 9.17) is 14.6 Å². The van der Waals surface area contributed by atoms with Crippen LogP contribution in [0.1, 0.15) is 6.42 Å². The maximum absolute atomic E-state index is 12.2. The van der Waals surface area contributed by atoms with Crippen LogP contribution in [0.15, 0.2) is 21.7 Å². The Hall–Kier alpha value is -2.77. The van der Waals surface area contributed by atoms with Gasteiger partial charge < -0.3 is 19.6 Å². The second-order valence-electron chi connectivity index (χ2n) is 4.28. The summed E-state index contributed by atoms with van der Waals surface area (Å²) in [6, 6.07) is 3.00. The molecule has 2 N–H and O–H groups in total. The van der Waals surface area contributed by atoms with Gasteiger partial charge in [0.15, 0.2) is 11.5 Å². The molecule has 1 aromatic heterocycles. The number of hydrogen-bond acceptors (Lipinski definition) is 5. The first-order chi connectivity index (χ1) is 9.56. The summed E-state index contributed by atoms with van der Waals surface area (Å²) in [5.41, 5.74) is -0.873. The summed E-state index contributed by atoms with van der Waals surface area (Å²) < 4.78 is 11.2. The Labute approximate surface area is 111 Å². The molecule has 0 bridgehead atoms. The van der Waals surface area contributed by atoms with Crippen molar-refractivity contribution in [3.8, 4) is 11.5 Å². The smallest absolute Gasteiger partial charge is 0.328 e. The lowest BCUT2D eigenvalue weighted by molar-refractivity contribution is -0.137. The molecule has 0 saturated heterocycles. The highest BCUT2D eigenvalue weighted by Gasteiger charge is 2.17. The molecule has 0 saturated carbocycles. The average molecular weight is 278 g/mol. The molecule has 0 atom stereocenters. The molecule has 1 aromatic carbocycles. The molecule has 2 aromatic rings. The number of carboxylic acids is 1. The highest BCUT2D eigenvalue weighted by Crippen LogP contribution is 2.34. The van der Waals surface area contributed by atoms with Crippen molar-refractivity contribution in [3.05, 3.63) is 33.0 Å². The normalized spacial score (nSPS) is 12.8. The van der Waals surface area contributed by atoms with Gasteiger partial charge in [0, 0.05) is 12.6 Å². The Bertz CT molecular complexity index is 819. The lowest BCUT2D eigenvalue weighted by atomic mass is 10.2. The summed E-state index contributed by atoms with van der Waals surface area (Å²) in [7, 11) is 0. The molecular formula is C12H10N2O6. The molecule has 1 aliphatic heterocycles. The van der Waals surface area contributed by atoms with Gasteiger partial charge in [-0.25, -0.2) is 4.79 Å². The molecule has 104 valence electrons. The number of nitrogens with zero attached hydrogens (tertiary/aromatic N) is 1. The molecule has 1 aliphatic rings. The number of nitrogens with one attached hydrogen (secondary N) is 1. The Balaban J connectivity index is 2.19. The standard InChI is InChI=1S/C12H10N2O6/c15-10(16)1-2-14-11(17)6-3-8-9(20-5-19-8)4-7(6)13-12(14)18/h3-4H,1-2,5H2,(H,13,18)(H,15,16). The molecule has 3 rings (SSSR count). The van der Waals surface area contributed by atoms with Crippen molar-refractivity contribution >= 4 is 16.9 Å². The highest BCUT2D eigenvalue weighted by molar-refractivity contribution is 5.81. The molecule has 0 spiro atoms. The second kappa shape index (κ2) is 4.41. The van der Waals surface area contributed by atoms with E-state index in [1.54, 1.807) is 0 Å². The number of H-pyrrole nitrogens is 1. The van der Waals surface area contributed by atoms with Gasteiger partial charge in [-0.1, -0.05) is 0 Å². The van der Waals surface area contributed by atoms with Crippen LogP contribution in [0.5, 0.6) is 11.5 Å². The molecule has 2 heterocycles. The molecule has 0 amide bonds. The zero-order chi connectivity index (χ0) is 14.3. The van der Waals surface area contributed by atoms with Crippen molar-refractivity contribution in [2.45, 2.75) is 13.0 Å². The summed E-state index contributed by atoms with van der Waals surface area (Å²) in [5.74, 6) is -0.204. The van der Waals surface area contributed by atoms with E-state index in [9.17, 15) is 14.4 Å². The fourth-order valence-electron chi connectivity index (χ4n) is 2.05. The zero-order valence-electron chi connectivity index (χ0n) is 10.2. The van der Waals surface area contributed by atoms with Crippen molar-refractivity contribution in [2.75, 3.05) is 6.79 Å². The van der Waals surface area contributed by atoms with E-state index in [1.807, 2.05) is 0 Å². The van der Waals surface area contributed by atoms with Crippen molar-refractivity contribution in [3.63, 3.8) is 0 Å². The van der Waals surface area contributed by atoms with Crippen LogP contribution in [0, 0.1) is 0 Å². The van der Waals surface area contributed by atoms with E-state index in [0.717, 1.165) is 4.57 Å². The average Bonchev–Trinajstić information content (AvgIpc) is 2.83. The molecule has 0 fully saturated rings. The third-order valence-electron chi connectivity index (χ3n) is 3.02. The van der Waals surface area contributed by atoms with Crippen molar-refractivity contribution in [1.29, 1.82) is 0 Å². The number of hydrogen-bond donors (Lipinski definition) is 2.